The summed E-state index contributed by atoms with van der Waals surface area (Å²) in [5.74, 6) is -16.4. The van der Waals surface area contributed by atoms with Crippen molar-refractivity contribution in [1.82, 2.24) is 26.6 Å². The van der Waals surface area contributed by atoms with E-state index in [0.29, 0.717) is 5.69 Å². The molecule has 0 heterocycles. The molecule has 20 heteroatoms. The average Bonchev–Trinajstić information content (AvgIpc) is 3.19. The Morgan fingerprint density at radius 3 is 1.77 bits per heavy atom. The monoisotopic (exact) mass is 906 g/mol. The predicted molar refractivity (Wildman–Crippen MR) is 226 cm³/mol. The normalized spacial score (nSPS) is 13.6. The third-order valence-corrected chi connectivity index (χ3v) is 9.60. The molecule has 0 aliphatic carbocycles. The highest BCUT2D eigenvalue weighted by molar-refractivity contribution is 6.05. The van der Waals surface area contributed by atoms with Crippen molar-refractivity contribution >= 4 is 52.8 Å². The summed E-state index contributed by atoms with van der Waals surface area (Å²) in [4.78, 5) is 104. The van der Waals surface area contributed by atoms with E-state index >= 15 is 0 Å². The summed E-state index contributed by atoms with van der Waals surface area (Å²) in [6.07, 6.45) is -1.71. The van der Waals surface area contributed by atoms with E-state index < -0.39 is 144 Å². The fourth-order valence-corrected chi connectivity index (χ4v) is 6.07. The standard InChI is InChI=1S/C44H58F4N6O10/c1-21(2)38(42(61)50-25(7)41(60)53-31(16-23(5)55)32(56)20-64-40-36(47)27(45)17-28(46)37(40)48)49-24(6)30(18-35(59)63-11)52-43(62)39(22(3)4)54-34(58)19-33(57)51-29-15-13-12-14-26(29)44(8,9)10/h12-15,17,21-22,25,30-31,38-39,49H,6,16,18-20H2,1-5,7-11H3,(H,50,61)(H,51,57)(H,52,62)(H,53,60)(H,54,58)/t25-,30-,31?,38?,39?/m0/s1. The molecule has 5 atom stereocenters. The lowest BCUT2D eigenvalue weighted by molar-refractivity contribution is -0.141. The number of esters is 1. The lowest BCUT2D eigenvalue weighted by atomic mass is 9.86. The van der Waals surface area contributed by atoms with E-state index in [4.69, 9.17) is 9.47 Å². The number of para-hydroxylation sites is 1. The highest BCUT2D eigenvalue weighted by Crippen LogP contribution is 2.29. The van der Waals surface area contributed by atoms with Crippen molar-refractivity contribution in [3.8, 4) is 5.75 Å². The average molecular weight is 907 g/mol. The third-order valence-electron chi connectivity index (χ3n) is 9.60. The van der Waals surface area contributed by atoms with Gasteiger partial charge in [0.2, 0.25) is 41.2 Å². The maximum Gasteiger partial charge on any atom is 0.308 e. The number of nitrogens with one attached hydrogen (secondary N) is 6. The molecule has 6 N–H and O–H groups in total. The molecule has 352 valence electrons. The van der Waals surface area contributed by atoms with E-state index in [1.54, 1.807) is 39.8 Å². The number of methoxy groups -OCH3 is 1. The molecule has 0 aliphatic rings. The SMILES string of the molecule is C=C(NC(C(=O)N[C@@H](C)C(=O)NC(CC(C)=O)C(=O)COc1c(F)c(F)cc(F)c1F)C(C)C)[C@H](CC(=O)OC)NC(=O)C(NC(=O)CC(=O)Nc1ccccc1C(C)(C)C)C(C)C. The number of ketones is 2. The fourth-order valence-electron chi connectivity index (χ4n) is 6.07. The molecule has 64 heavy (non-hydrogen) atoms. The number of hydrogen-bond donors (Lipinski definition) is 6. The number of amides is 5. The van der Waals surface area contributed by atoms with E-state index in [9.17, 15) is 55.9 Å². The summed E-state index contributed by atoms with van der Waals surface area (Å²) >= 11 is 0. The molecule has 0 aromatic heterocycles. The number of carbonyl (C=O) groups excluding carboxylic acids is 8. The van der Waals surface area contributed by atoms with Gasteiger partial charge in [-0.05, 0) is 42.7 Å². The van der Waals surface area contributed by atoms with E-state index in [1.165, 1.54) is 6.92 Å². The van der Waals surface area contributed by atoms with Crippen LogP contribution in [0.15, 0.2) is 42.6 Å². The molecule has 3 unspecified atom stereocenters. The van der Waals surface area contributed by atoms with Gasteiger partial charge in [-0.25, -0.2) is 8.78 Å². The summed E-state index contributed by atoms with van der Waals surface area (Å²) in [6.45, 7) is 17.5. The van der Waals surface area contributed by atoms with Gasteiger partial charge in [-0.1, -0.05) is 73.2 Å². The van der Waals surface area contributed by atoms with Gasteiger partial charge in [0.15, 0.2) is 23.2 Å². The maximum atomic E-state index is 14.1. The lowest BCUT2D eigenvalue weighted by Crippen LogP contribution is -2.57. The minimum absolute atomic E-state index is 0.0476. The molecule has 5 amide bonds. The Morgan fingerprint density at radius 2 is 1.23 bits per heavy atom. The molecular formula is C44H58F4N6O10. The van der Waals surface area contributed by atoms with Crippen molar-refractivity contribution in [2.45, 2.75) is 117 Å². The predicted octanol–water partition coefficient (Wildman–Crippen LogP) is 3.80. The van der Waals surface area contributed by atoms with Crippen LogP contribution in [0.1, 0.15) is 87.1 Å². The van der Waals surface area contributed by atoms with Crippen LogP contribution >= 0.6 is 0 Å². The first-order valence-electron chi connectivity index (χ1n) is 20.3. The fraction of sp³-hybridized carbons (Fsp3) is 0.500. The summed E-state index contributed by atoms with van der Waals surface area (Å²) in [7, 11) is 1.11. The van der Waals surface area contributed by atoms with Crippen LogP contribution in [0.4, 0.5) is 23.2 Å². The maximum absolute atomic E-state index is 14.1. The van der Waals surface area contributed by atoms with E-state index in [0.717, 1.165) is 19.6 Å². The Balaban J connectivity index is 2.17. The van der Waals surface area contributed by atoms with Crippen molar-refractivity contribution in [3.63, 3.8) is 0 Å². The molecule has 0 aliphatic heterocycles. The van der Waals surface area contributed by atoms with Crippen LogP contribution in [0, 0.1) is 35.1 Å². The number of anilines is 1. The Morgan fingerprint density at radius 1 is 0.703 bits per heavy atom. The van der Waals surface area contributed by atoms with Crippen molar-refractivity contribution < 1.29 is 65.4 Å². The number of halogens is 4. The first-order chi connectivity index (χ1) is 29.7. The lowest BCUT2D eigenvalue weighted by Gasteiger charge is -2.30. The van der Waals surface area contributed by atoms with Crippen LogP contribution in [-0.2, 0) is 48.5 Å². The Bertz CT molecular complexity index is 2060. The summed E-state index contributed by atoms with van der Waals surface area (Å²) in [6, 6.07) is 0.444. The molecule has 16 nitrogen and oxygen atoms in total. The minimum atomic E-state index is -1.91. The first kappa shape index (κ1) is 53.8. The molecule has 0 radical (unpaired) electrons. The second-order valence-electron chi connectivity index (χ2n) is 16.8. The van der Waals surface area contributed by atoms with Gasteiger partial charge in [0.25, 0.3) is 0 Å². The van der Waals surface area contributed by atoms with Gasteiger partial charge >= 0.3 is 5.97 Å². The van der Waals surface area contributed by atoms with Gasteiger partial charge in [-0.15, -0.1) is 0 Å². The highest BCUT2D eigenvalue weighted by Gasteiger charge is 2.33. The zero-order valence-electron chi connectivity index (χ0n) is 37.6. The molecule has 0 saturated heterocycles. The van der Waals surface area contributed by atoms with E-state index in [2.05, 4.69) is 38.5 Å². The number of rotatable bonds is 23. The largest absolute Gasteiger partial charge is 0.479 e. The van der Waals surface area contributed by atoms with Gasteiger partial charge in [-0.3, -0.25) is 38.4 Å². The van der Waals surface area contributed by atoms with Gasteiger partial charge < -0.3 is 41.4 Å². The zero-order valence-corrected chi connectivity index (χ0v) is 37.6. The van der Waals surface area contributed by atoms with E-state index in [-0.39, 0.29) is 17.2 Å². The molecular weight excluding hydrogens is 849 g/mol. The Kier molecular flexibility index (Phi) is 20.1. The quantitative estimate of drug-likeness (QED) is 0.0407. The Hall–Kier alpha value is -6.34. The summed E-state index contributed by atoms with van der Waals surface area (Å²) in [5, 5.41) is 15.5. The minimum Gasteiger partial charge on any atom is -0.479 e. The van der Waals surface area contributed by atoms with Gasteiger partial charge in [-0.2, -0.15) is 8.78 Å². The number of hydrogen-bond acceptors (Lipinski definition) is 11. The second kappa shape index (κ2) is 23.9. The number of carbonyl (C=O) groups is 8. The van der Waals surface area contributed by atoms with Crippen LogP contribution in [0.25, 0.3) is 0 Å². The van der Waals surface area contributed by atoms with Crippen LogP contribution in [0.3, 0.4) is 0 Å². The van der Waals surface area contributed by atoms with Crippen molar-refractivity contribution in [1.29, 1.82) is 0 Å². The Labute approximate surface area is 369 Å². The number of Topliss-reactive ketones (excluding diaryl/α,β-unsaturated/α-hetero) is 2. The van der Waals surface area contributed by atoms with Crippen LogP contribution in [-0.4, -0.2) is 91.0 Å². The second-order valence-corrected chi connectivity index (χ2v) is 16.8. The molecule has 0 bridgehead atoms. The van der Waals surface area contributed by atoms with Crippen molar-refractivity contribution in [2.75, 3.05) is 19.0 Å². The molecule has 0 fully saturated rings. The van der Waals surface area contributed by atoms with E-state index in [1.807, 2.05) is 32.9 Å². The molecule has 0 saturated carbocycles. The molecule has 0 spiro atoms. The van der Waals surface area contributed by atoms with Gasteiger partial charge in [0.05, 0.1) is 25.6 Å². The van der Waals surface area contributed by atoms with Gasteiger partial charge in [0.1, 0.15) is 36.9 Å². The molecule has 2 rings (SSSR count). The van der Waals surface area contributed by atoms with Crippen molar-refractivity contribution in [2.24, 2.45) is 11.8 Å². The summed E-state index contributed by atoms with van der Waals surface area (Å²) < 4.78 is 64.9. The van der Waals surface area contributed by atoms with Crippen molar-refractivity contribution in [3.05, 3.63) is 71.4 Å². The molecule has 2 aromatic carbocycles. The summed E-state index contributed by atoms with van der Waals surface area (Å²) in [5.41, 5.74) is 1.03. The third kappa shape index (κ3) is 16.1. The van der Waals surface area contributed by atoms with Crippen LogP contribution < -0.4 is 36.6 Å². The van der Waals surface area contributed by atoms with Gasteiger partial charge in [0, 0.05) is 23.9 Å². The smallest absolute Gasteiger partial charge is 0.308 e. The van der Waals surface area contributed by atoms with Crippen LogP contribution in [0.2, 0.25) is 0 Å². The number of benzene rings is 2. The number of ether oxygens (including phenoxy) is 2. The first-order valence-corrected chi connectivity index (χ1v) is 20.3. The molecule has 2 aromatic rings. The van der Waals surface area contributed by atoms with Crippen LogP contribution in [0.5, 0.6) is 5.75 Å². The highest BCUT2D eigenvalue weighted by atomic mass is 19.2. The zero-order chi connectivity index (χ0) is 48.8. The topological polar surface area (TPSA) is 227 Å².